The summed E-state index contributed by atoms with van der Waals surface area (Å²) >= 11 is 6.05. The summed E-state index contributed by atoms with van der Waals surface area (Å²) in [6, 6.07) is 8.99. The molecule has 0 unspecified atom stereocenters. The predicted octanol–water partition coefficient (Wildman–Crippen LogP) is 3.55. The van der Waals surface area contributed by atoms with Gasteiger partial charge >= 0.3 is 0 Å². The minimum Gasteiger partial charge on any atom is -0.322 e. The summed E-state index contributed by atoms with van der Waals surface area (Å²) in [7, 11) is 0. The summed E-state index contributed by atoms with van der Waals surface area (Å²) in [6.07, 6.45) is 5.32. The Labute approximate surface area is 121 Å². The fourth-order valence-corrected chi connectivity index (χ4v) is 2.23. The number of carbonyl (C=O) groups excluding carboxylic acids is 1. The Morgan fingerprint density at radius 2 is 2.10 bits per heavy atom. The third-order valence-electron chi connectivity index (χ3n) is 3.18. The molecule has 0 aliphatic rings. The molecule has 0 atom stereocenters. The molecular formula is C15H12ClN3O. The number of pyridine rings is 1. The van der Waals surface area contributed by atoms with Crippen LogP contribution in [0.2, 0.25) is 5.02 Å². The number of aromatic nitrogens is 2. The van der Waals surface area contributed by atoms with E-state index in [-0.39, 0.29) is 5.91 Å². The largest absolute Gasteiger partial charge is 0.322 e. The molecule has 4 nitrogen and oxygen atoms in total. The van der Waals surface area contributed by atoms with Gasteiger partial charge in [0.2, 0.25) is 0 Å². The summed E-state index contributed by atoms with van der Waals surface area (Å²) in [6.45, 7) is 1.87. The van der Waals surface area contributed by atoms with Crippen LogP contribution in [0, 0.1) is 6.92 Å². The number of nitrogens with zero attached hydrogens (tertiary/aromatic N) is 2. The highest BCUT2D eigenvalue weighted by Gasteiger charge is 2.13. The zero-order chi connectivity index (χ0) is 14.1. The summed E-state index contributed by atoms with van der Waals surface area (Å²) in [5, 5.41) is 3.50. The minimum absolute atomic E-state index is 0.202. The first-order chi connectivity index (χ1) is 9.66. The maximum atomic E-state index is 12.4. The quantitative estimate of drug-likeness (QED) is 0.783. The molecule has 1 amide bonds. The zero-order valence-corrected chi connectivity index (χ0v) is 11.6. The fraction of sp³-hybridized carbons (Fsp3) is 0.0667. The lowest BCUT2D eigenvalue weighted by atomic mass is 10.2. The van der Waals surface area contributed by atoms with Gasteiger partial charge in [-0.25, -0.2) is 4.98 Å². The third kappa shape index (κ3) is 2.14. The van der Waals surface area contributed by atoms with E-state index in [0.717, 1.165) is 5.56 Å². The molecule has 0 saturated carbocycles. The molecule has 0 spiro atoms. The van der Waals surface area contributed by atoms with Crippen LogP contribution >= 0.6 is 11.6 Å². The number of imidazole rings is 1. The summed E-state index contributed by atoms with van der Waals surface area (Å²) in [5.74, 6) is -0.202. The molecule has 2 aromatic heterocycles. The monoisotopic (exact) mass is 285 g/mol. The molecule has 0 fully saturated rings. The second-order valence-corrected chi connectivity index (χ2v) is 4.85. The number of amides is 1. The molecule has 2 heterocycles. The molecule has 20 heavy (non-hydrogen) atoms. The first-order valence-electron chi connectivity index (χ1n) is 6.15. The van der Waals surface area contributed by atoms with E-state index in [1.54, 1.807) is 35.0 Å². The van der Waals surface area contributed by atoms with Gasteiger partial charge in [-0.15, -0.1) is 0 Å². The van der Waals surface area contributed by atoms with E-state index < -0.39 is 0 Å². The van der Waals surface area contributed by atoms with Crippen LogP contribution in [0.1, 0.15) is 15.9 Å². The zero-order valence-electron chi connectivity index (χ0n) is 10.8. The number of nitrogens with one attached hydrogen (secondary N) is 1. The van der Waals surface area contributed by atoms with E-state index in [9.17, 15) is 4.79 Å². The van der Waals surface area contributed by atoms with Crippen molar-refractivity contribution in [2.24, 2.45) is 0 Å². The number of rotatable bonds is 2. The van der Waals surface area contributed by atoms with Gasteiger partial charge in [0.25, 0.3) is 5.91 Å². The average Bonchev–Trinajstić information content (AvgIpc) is 2.92. The third-order valence-corrected chi connectivity index (χ3v) is 3.59. The molecule has 1 aromatic carbocycles. The van der Waals surface area contributed by atoms with Crippen molar-refractivity contribution in [3.63, 3.8) is 0 Å². The van der Waals surface area contributed by atoms with E-state index in [2.05, 4.69) is 10.3 Å². The molecule has 5 heteroatoms. The predicted molar refractivity (Wildman–Crippen MR) is 79.3 cm³/mol. The molecule has 3 rings (SSSR count). The Hall–Kier alpha value is -2.33. The fourth-order valence-electron chi connectivity index (χ4n) is 2.06. The summed E-state index contributed by atoms with van der Waals surface area (Å²) in [5.41, 5.74) is 2.70. The van der Waals surface area contributed by atoms with Gasteiger partial charge in [-0.05, 0) is 36.8 Å². The van der Waals surface area contributed by atoms with Crippen LogP contribution in [0.15, 0.2) is 48.9 Å². The molecule has 0 aliphatic carbocycles. The Morgan fingerprint density at radius 3 is 2.95 bits per heavy atom. The highest BCUT2D eigenvalue weighted by Crippen LogP contribution is 2.23. The van der Waals surface area contributed by atoms with Crippen LogP contribution < -0.4 is 5.32 Å². The first kappa shape index (κ1) is 12.7. The number of anilines is 1. The van der Waals surface area contributed by atoms with E-state index >= 15 is 0 Å². The highest BCUT2D eigenvalue weighted by molar-refractivity contribution is 6.31. The van der Waals surface area contributed by atoms with Gasteiger partial charge in [0.05, 0.1) is 5.56 Å². The Morgan fingerprint density at radius 1 is 1.25 bits per heavy atom. The topological polar surface area (TPSA) is 46.4 Å². The number of halogens is 1. The van der Waals surface area contributed by atoms with Crippen molar-refractivity contribution >= 4 is 28.8 Å². The maximum absolute atomic E-state index is 12.4. The number of hydrogen-bond acceptors (Lipinski definition) is 2. The van der Waals surface area contributed by atoms with Gasteiger partial charge in [-0.3, -0.25) is 4.79 Å². The lowest BCUT2D eigenvalue weighted by molar-refractivity contribution is 0.102. The molecule has 100 valence electrons. The van der Waals surface area contributed by atoms with E-state index in [1.807, 2.05) is 25.3 Å². The molecule has 0 aliphatic heterocycles. The first-order valence-corrected chi connectivity index (χ1v) is 6.53. The van der Waals surface area contributed by atoms with Crippen LogP contribution in [0.25, 0.3) is 5.65 Å². The SMILES string of the molecule is Cc1c(Cl)cccc1NC(=O)c1cccn2ccnc12. The normalized spacial score (nSPS) is 10.7. The second kappa shape index (κ2) is 4.98. The van der Waals surface area contributed by atoms with Gasteiger partial charge in [0, 0.05) is 29.3 Å². The summed E-state index contributed by atoms with van der Waals surface area (Å²) < 4.78 is 1.81. The van der Waals surface area contributed by atoms with E-state index in [0.29, 0.717) is 21.9 Å². The standard InChI is InChI=1S/C15H12ClN3O/c1-10-12(16)5-2-6-13(10)18-15(20)11-4-3-8-19-9-7-17-14(11)19/h2-9H,1H3,(H,18,20). The van der Waals surface area contributed by atoms with Gasteiger partial charge in [-0.1, -0.05) is 17.7 Å². The van der Waals surface area contributed by atoms with Crippen molar-refractivity contribution in [3.8, 4) is 0 Å². The van der Waals surface area contributed by atoms with Crippen LogP contribution in [0.5, 0.6) is 0 Å². The van der Waals surface area contributed by atoms with Crippen molar-refractivity contribution in [1.29, 1.82) is 0 Å². The molecule has 1 N–H and O–H groups in total. The molecular weight excluding hydrogens is 274 g/mol. The van der Waals surface area contributed by atoms with Gasteiger partial charge in [0.1, 0.15) is 5.65 Å². The van der Waals surface area contributed by atoms with Crippen molar-refractivity contribution < 1.29 is 4.79 Å². The lowest BCUT2D eigenvalue weighted by Gasteiger charge is -2.10. The Balaban J connectivity index is 1.97. The average molecular weight is 286 g/mol. The van der Waals surface area contributed by atoms with E-state index in [1.165, 1.54) is 0 Å². The maximum Gasteiger partial charge on any atom is 0.259 e. The number of hydrogen-bond donors (Lipinski definition) is 1. The molecule has 3 aromatic rings. The lowest BCUT2D eigenvalue weighted by Crippen LogP contribution is -2.14. The smallest absolute Gasteiger partial charge is 0.259 e. The number of carbonyl (C=O) groups is 1. The van der Waals surface area contributed by atoms with Crippen molar-refractivity contribution in [2.75, 3.05) is 5.32 Å². The van der Waals surface area contributed by atoms with Crippen molar-refractivity contribution in [2.45, 2.75) is 6.92 Å². The second-order valence-electron chi connectivity index (χ2n) is 4.45. The van der Waals surface area contributed by atoms with Gasteiger partial charge in [0.15, 0.2) is 0 Å². The molecule has 0 bridgehead atoms. The van der Waals surface area contributed by atoms with Crippen LogP contribution in [-0.2, 0) is 0 Å². The van der Waals surface area contributed by atoms with Crippen LogP contribution in [0.3, 0.4) is 0 Å². The van der Waals surface area contributed by atoms with Crippen LogP contribution in [0.4, 0.5) is 5.69 Å². The molecule has 0 radical (unpaired) electrons. The van der Waals surface area contributed by atoms with Crippen molar-refractivity contribution in [3.05, 3.63) is 65.1 Å². The Kier molecular flexibility index (Phi) is 3.16. The molecule has 0 saturated heterocycles. The Bertz CT molecular complexity index is 795. The van der Waals surface area contributed by atoms with Crippen molar-refractivity contribution in [1.82, 2.24) is 9.38 Å². The van der Waals surface area contributed by atoms with Gasteiger partial charge < -0.3 is 9.72 Å². The van der Waals surface area contributed by atoms with E-state index in [4.69, 9.17) is 11.6 Å². The summed E-state index contributed by atoms with van der Waals surface area (Å²) in [4.78, 5) is 16.6. The minimum atomic E-state index is -0.202. The number of benzene rings is 1. The number of fused-ring (bicyclic) bond motifs is 1. The van der Waals surface area contributed by atoms with Crippen LogP contribution in [-0.4, -0.2) is 15.3 Å². The highest BCUT2D eigenvalue weighted by atomic mass is 35.5. The van der Waals surface area contributed by atoms with Gasteiger partial charge in [-0.2, -0.15) is 0 Å².